The van der Waals surface area contributed by atoms with Gasteiger partial charge in [-0.05, 0) is 29.8 Å². The van der Waals surface area contributed by atoms with Crippen LogP contribution in [0.15, 0.2) is 53.3 Å². The number of rotatable bonds is 3. The van der Waals surface area contributed by atoms with Crippen molar-refractivity contribution in [3.8, 4) is 0 Å². The van der Waals surface area contributed by atoms with Crippen LogP contribution in [0.3, 0.4) is 0 Å². The smallest absolute Gasteiger partial charge is 0.137 e. The highest BCUT2D eigenvalue weighted by Crippen LogP contribution is 2.22. The zero-order valence-corrected chi connectivity index (χ0v) is 12.1. The van der Waals surface area contributed by atoms with E-state index in [9.17, 15) is 4.39 Å². The predicted molar refractivity (Wildman–Crippen MR) is 81.0 cm³/mol. The summed E-state index contributed by atoms with van der Waals surface area (Å²) in [5.41, 5.74) is 1.83. The van der Waals surface area contributed by atoms with Gasteiger partial charge in [-0.2, -0.15) is 0 Å². The number of hydrogen-bond acceptors (Lipinski definition) is 3. The van der Waals surface area contributed by atoms with Gasteiger partial charge >= 0.3 is 0 Å². The first-order chi connectivity index (χ1) is 9.74. The van der Waals surface area contributed by atoms with Crippen LogP contribution >= 0.6 is 15.9 Å². The van der Waals surface area contributed by atoms with Crippen molar-refractivity contribution in [3.05, 3.63) is 64.6 Å². The monoisotopic (exact) mass is 331 g/mol. The SMILES string of the molecule is Fc1ccc2ncnc(NCc3ccccc3Br)c2c1. The molecule has 3 rings (SSSR count). The van der Waals surface area contributed by atoms with Crippen molar-refractivity contribution in [3.63, 3.8) is 0 Å². The third-order valence-electron chi connectivity index (χ3n) is 3.00. The van der Waals surface area contributed by atoms with Crippen LogP contribution in [0.2, 0.25) is 0 Å². The van der Waals surface area contributed by atoms with Crippen molar-refractivity contribution in [2.45, 2.75) is 6.54 Å². The summed E-state index contributed by atoms with van der Waals surface area (Å²) < 4.78 is 14.4. The minimum absolute atomic E-state index is 0.295. The van der Waals surface area contributed by atoms with Crippen LogP contribution in [0.1, 0.15) is 5.56 Å². The molecule has 20 heavy (non-hydrogen) atoms. The first-order valence-corrected chi connectivity index (χ1v) is 6.91. The molecule has 1 aromatic heterocycles. The lowest BCUT2D eigenvalue weighted by atomic mass is 10.2. The third kappa shape index (κ3) is 2.63. The van der Waals surface area contributed by atoms with E-state index in [2.05, 4.69) is 31.2 Å². The zero-order chi connectivity index (χ0) is 13.9. The fourth-order valence-corrected chi connectivity index (χ4v) is 2.42. The van der Waals surface area contributed by atoms with Crippen molar-refractivity contribution < 1.29 is 4.39 Å². The largest absolute Gasteiger partial charge is 0.365 e. The van der Waals surface area contributed by atoms with Gasteiger partial charge in [-0.1, -0.05) is 34.1 Å². The molecule has 0 atom stereocenters. The molecule has 0 aliphatic heterocycles. The molecule has 0 aliphatic carbocycles. The van der Waals surface area contributed by atoms with Crippen LogP contribution < -0.4 is 5.32 Å². The number of hydrogen-bond donors (Lipinski definition) is 1. The number of halogens is 2. The molecule has 0 saturated heterocycles. The number of benzene rings is 2. The second-order valence-corrected chi connectivity index (χ2v) is 5.18. The van der Waals surface area contributed by atoms with E-state index in [0.717, 1.165) is 15.6 Å². The van der Waals surface area contributed by atoms with E-state index >= 15 is 0 Å². The Morgan fingerprint density at radius 3 is 2.80 bits per heavy atom. The lowest BCUT2D eigenvalue weighted by Crippen LogP contribution is -2.03. The molecule has 3 nitrogen and oxygen atoms in total. The van der Waals surface area contributed by atoms with Crippen LogP contribution in [0.25, 0.3) is 10.9 Å². The standard InChI is InChI=1S/C15H11BrFN3/c16-13-4-2-1-3-10(13)8-18-15-12-7-11(17)5-6-14(12)19-9-20-15/h1-7,9H,8H2,(H,18,19,20). The Morgan fingerprint density at radius 2 is 1.95 bits per heavy atom. The second-order valence-electron chi connectivity index (χ2n) is 4.33. The molecule has 0 aliphatic rings. The average molecular weight is 332 g/mol. The van der Waals surface area contributed by atoms with Gasteiger partial charge in [0.1, 0.15) is 18.0 Å². The van der Waals surface area contributed by atoms with Gasteiger partial charge < -0.3 is 5.32 Å². The summed E-state index contributed by atoms with van der Waals surface area (Å²) in [7, 11) is 0. The van der Waals surface area contributed by atoms with E-state index < -0.39 is 0 Å². The average Bonchev–Trinajstić information content (AvgIpc) is 2.46. The van der Waals surface area contributed by atoms with E-state index in [-0.39, 0.29) is 5.82 Å². The van der Waals surface area contributed by atoms with Crippen molar-refractivity contribution in [1.29, 1.82) is 0 Å². The van der Waals surface area contributed by atoms with Gasteiger partial charge in [-0.3, -0.25) is 0 Å². The maximum Gasteiger partial charge on any atom is 0.137 e. The molecule has 2 aromatic carbocycles. The molecule has 0 saturated carbocycles. The first-order valence-electron chi connectivity index (χ1n) is 6.11. The number of aromatic nitrogens is 2. The fraction of sp³-hybridized carbons (Fsp3) is 0.0667. The van der Waals surface area contributed by atoms with Gasteiger partial charge in [-0.25, -0.2) is 14.4 Å². The summed E-state index contributed by atoms with van der Waals surface area (Å²) in [5, 5.41) is 3.90. The summed E-state index contributed by atoms with van der Waals surface area (Å²) in [6.45, 7) is 0.601. The summed E-state index contributed by atoms with van der Waals surface area (Å²) in [6.07, 6.45) is 1.47. The molecule has 0 fully saturated rings. The second kappa shape index (κ2) is 5.54. The summed E-state index contributed by atoms with van der Waals surface area (Å²) in [6, 6.07) is 12.4. The van der Waals surface area contributed by atoms with Crippen molar-refractivity contribution in [2.24, 2.45) is 0 Å². The van der Waals surface area contributed by atoms with E-state index in [1.165, 1.54) is 18.5 Å². The van der Waals surface area contributed by atoms with E-state index in [1.54, 1.807) is 6.07 Å². The van der Waals surface area contributed by atoms with Gasteiger partial charge in [0, 0.05) is 16.4 Å². The number of anilines is 1. The summed E-state index contributed by atoms with van der Waals surface area (Å²) in [4.78, 5) is 8.32. The Balaban J connectivity index is 1.91. The molecule has 5 heteroatoms. The number of nitrogens with one attached hydrogen (secondary N) is 1. The molecule has 0 unspecified atom stereocenters. The Kier molecular flexibility index (Phi) is 3.60. The molecule has 0 amide bonds. The minimum Gasteiger partial charge on any atom is -0.365 e. The molecule has 0 radical (unpaired) electrons. The maximum atomic E-state index is 13.4. The van der Waals surface area contributed by atoms with Crippen molar-refractivity contribution in [1.82, 2.24) is 9.97 Å². The third-order valence-corrected chi connectivity index (χ3v) is 3.78. The molecule has 0 bridgehead atoms. The van der Waals surface area contributed by atoms with Crippen molar-refractivity contribution in [2.75, 3.05) is 5.32 Å². The molecular formula is C15H11BrFN3. The van der Waals surface area contributed by atoms with Crippen LogP contribution in [0, 0.1) is 5.82 Å². The summed E-state index contributed by atoms with van der Waals surface area (Å²) in [5.74, 6) is 0.335. The molecule has 1 N–H and O–H groups in total. The predicted octanol–water partition coefficient (Wildman–Crippen LogP) is 4.14. The lowest BCUT2D eigenvalue weighted by Gasteiger charge is -2.09. The highest BCUT2D eigenvalue weighted by molar-refractivity contribution is 9.10. The molecule has 100 valence electrons. The molecule has 0 spiro atoms. The highest BCUT2D eigenvalue weighted by Gasteiger charge is 2.05. The van der Waals surface area contributed by atoms with Gasteiger partial charge in [0.2, 0.25) is 0 Å². The minimum atomic E-state index is -0.295. The lowest BCUT2D eigenvalue weighted by molar-refractivity contribution is 0.629. The van der Waals surface area contributed by atoms with E-state index in [0.29, 0.717) is 17.7 Å². The highest BCUT2D eigenvalue weighted by atomic mass is 79.9. The Morgan fingerprint density at radius 1 is 1.10 bits per heavy atom. The molecule has 1 heterocycles. The quantitative estimate of drug-likeness (QED) is 0.783. The van der Waals surface area contributed by atoms with E-state index in [4.69, 9.17) is 0 Å². The van der Waals surface area contributed by atoms with Crippen LogP contribution in [-0.4, -0.2) is 9.97 Å². The van der Waals surface area contributed by atoms with Crippen LogP contribution in [0.4, 0.5) is 10.2 Å². The van der Waals surface area contributed by atoms with Gasteiger partial charge in [0.05, 0.1) is 5.52 Å². The Hall–Kier alpha value is -2.01. The number of nitrogens with zero attached hydrogens (tertiary/aromatic N) is 2. The first kappa shape index (κ1) is 13.0. The van der Waals surface area contributed by atoms with Gasteiger partial charge in [0.15, 0.2) is 0 Å². The van der Waals surface area contributed by atoms with E-state index in [1.807, 2.05) is 24.3 Å². The van der Waals surface area contributed by atoms with Gasteiger partial charge in [-0.15, -0.1) is 0 Å². The maximum absolute atomic E-state index is 13.4. The number of fused-ring (bicyclic) bond motifs is 1. The topological polar surface area (TPSA) is 37.8 Å². The zero-order valence-electron chi connectivity index (χ0n) is 10.5. The van der Waals surface area contributed by atoms with Crippen LogP contribution in [-0.2, 0) is 6.54 Å². The van der Waals surface area contributed by atoms with Crippen LogP contribution in [0.5, 0.6) is 0 Å². The molecular weight excluding hydrogens is 321 g/mol. The van der Waals surface area contributed by atoms with Gasteiger partial charge in [0.25, 0.3) is 0 Å². The fourth-order valence-electron chi connectivity index (χ4n) is 1.99. The summed E-state index contributed by atoms with van der Waals surface area (Å²) >= 11 is 3.50. The van der Waals surface area contributed by atoms with Crippen molar-refractivity contribution >= 4 is 32.7 Å². The Labute approximate surface area is 124 Å². The normalized spacial score (nSPS) is 10.7. The molecule has 3 aromatic rings. The Bertz CT molecular complexity index is 761.